The maximum atomic E-state index is 11.9. The first-order chi connectivity index (χ1) is 8.48. The molecule has 0 atom stereocenters. The highest BCUT2D eigenvalue weighted by molar-refractivity contribution is 9.10. The van der Waals surface area contributed by atoms with Crippen LogP contribution in [0.1, 0.15) is 23.3 Å². The second kappa shape index (κ2) is 5.36. The van der Waals surface area contributed by atoms with E-state index in [0.717, 1.165) is 0 Å². The lowest BCUT2D eigenvalue weighted by molar-refractivity contribution is 0.0928. The maximum absolute atomic E-state index is 11.9. The minimum Gasteiger partial charge on any atom is -0.348 e. The van der Waals surface area contributed by atoms with E-state index in [1.54, 1.807) is 18.3 Å². The Balaban J connectivity index is 1.99. The monoisotopic (exact) mass is 332 g/mol. The average Bonchev–Trinajstić information content (AvgIpc) is 2.32. The molecule has 0 aromatic carbocycles. The van der Waals surface area contributed by atoms with Gasteiger partial charge in [0, 0.05) is 16.7 Å². The molecule has 0 radical (unpaired) electrons. The molecule has 1 aromatic heterocycles. The van der Waals surface area contributed by atoms with Gasteiger partial charge in [0.05, 0.1) is 11.5 Å². The van der Waals surface area contributed by atoms with Crippen molar-refractivity contribution in [1.29, 1.82) is 0 Å². The van der Waals surface area contributed by atoms with Crippen LogP contribution in [-0.2, 0) is 9.84 Å². The Morgan fingerprint density at radius 2 is 2.06 bits per heavy atom. The summed E-state index contributed by atoms with van der Waals surface area (Å²) in [6.07, 6.45) is 2.49. The summed E-state index contributed by atoms with van der Waals surface area (Å²) in [5.41, 5.74) is 0.325. The van der Waals surface area contributed by atoms with Crippen molar-refractivity contribution >= 4 is 31.7 Å². The molecule has 0 bridgehead atoms. The molecule has 1 N–H and O–H groups in total. The van der Waals surface area contributed by atoms with Crippen LogP contribution in [-0.4, -0.2) is 36.9 Å². The lowest BCUT2D eigenvalue weighted by Crippen LogP contribution is -2.41. The molecule has 0 saturated carbocycles. The first-order valence-corrected chi connectivity index (χ1v) is 8.21. The fraction of sp³-hybridized carbons (Fsp3) is 0.455. The highest BCUT2D eigenvalue weighted by atomic mass is 79.9. The topological polar surface area (TPSA) is 76.1 Å². The van der Waals surface area contributed by atoms with Gasteiger partial charge in [-0.2, -0.15) is 0 Å². The van der Waals surface area contributed by atoms with Crippen LogP contribution in [0.5, 0.6) is 0 Å². The molecule has 1 saturated heterocycles. The van der Waals surface area contributed by atoms with Gasteiger partial charge < -0.3 is 5.32 Å². The van der Waals surface area contributed by atoms with Crippen LogP contribution >= 0.6 is 15.9 Å². The molecule has 1 fully saturated rings. The molecule has 0 unspecified atom stereocenters. The van der Waals surface area contributed by atoms with E-state index in [-0.39, 0.29) is 23.5 Å². The zero-order valence-electron chi connectivity index (χ0n) is 9.60. The number of hydrogen-bond donors (Lipinski definition) is 1. The summed E-state index contributed by atoms with van der Waals surface area (Å²) >= 11 is 3.26. The third kappa shape index (κ3) is 3.29. The Morgan fingerprint density at radius 1 is 1.39 bits per heavy atom. The van der Waals surface area contributed by atoms with Crippen molar-refractivity contribution in [2.45, 2.75) is 18.9 Å². The summed E-state index contributed by atoms with van der Waals surface area (Å²) in [5, 5.41) is 2.82. The zero-order chi connectivity index (χ0) is 13.2. The van der Waals surface area contributed by atoms with Gasteiger partial charge in [0.25, 0.3) is 5.91 Å². The molecule has 1 aliphatic rings. The lowest BCUT2D eigenvalue weighted by Gasteiger charge is -2.22. The van der Waals surface area contributed by atoms with Gasteiger partial charge in [0.1, 0.15) is 15.5 Å². The molecule has 1 aromatic rings. The van der Waals surface area contributed by atoms with E-state index in [1.807, 2.05) is 0 Å². The van der Waals surface area contributed by atoms with Gasteiger partial charge in [-0.05, 0) is 40.9 Å². The number of pyridine rings is 1. The molecule has 5 nitrogen and oxygen atoms in total. The van der Waals surface area contributed by atoms with E-state index < -0.39 is 9.84 Å². The molecule has 7 heteroatoms. The van der Waals surface area contributed by atoms with Crippen molar-refractivity contribution < 1.29 is 13.2 Å². The predicted molar refractivity (Wildman–Crippen MR) is 71.1 cm³/mol. The van der Waals surface area contributed by atoms with Crippen molar-refractivity contribution in [2.75, 3.05) is 11.5 Å². The standard InChI is InChI=1S/C11H13BrN2O3S/c12-9-2-1-5-13-10(9)11(15)14-8-3-6-18(16,17)7-4-8/h1-2,5,8H,3-4,6-7H2,(H,14,15). The molecule has 98 valence electrons. The van der Waals surface area contributed by atoms with Crippen LogP contribution in [0.3, 0.4) is 0 Å². The van der Waals surface area contributed by atoms with Gasteiger partial charge in [-0.1, -0.05) is 0 Å². The Hall–Kier alpha value is -0.950. The van der Waals surface area contributed by atoms with E-state index in [0.29, 0.717) is 23.0 Å². The normalized spacial score (nSPS) is 19.4. The van der Waals surface area contributed by atoms with Crippen LogP contribution in [0.25, 0.3) is 0 Å². The first-order valence-electron chi connectivity index (χ1n) is 5.60. The molecule has 2 rings (SSSR count). The SMILES string of the molecule is O=C(NC1CCS(=O)(=O)CC1)c1ncccc1Br. The average molecular weight is 333 g/mol. The molecule has 0 spiro atoms. The van der Waals surface area contributed by atoms with Crippen molar-refractivity contribution in [3.05, 3.63) is 28.5 Å². The number of amides is 1. The van der Waals surface area contributed by atoms with Gasteiger partial charge >= 0.3 is 0 Å². The van der Waals surface area contributed by atoms with Crippen LogP contribution < -0.4 is 5.32 Å². The highest BCUT2D eigenvalue weighted by Crippen LogP contribution is 2.16. The van der Waals surface area contributed by atoms with Crippen molar-refractivity contribution in [1.82, 2.24) is 10.3 Å². The summed E-state index contributed by atoms with van der Waals surface area (Å²) in [4.78, 5) is 15.9. The zero-order valence-corrected chi connectivity index (χ0v) is 12.0. The Labute approximate surface area is 114 Å². The van der Waals surface area contributed by atoms with E-state index in [4.69, 9.17) is 0 Å². The second-order valence-electron chi connectivity index (χ2n) is 4.23. The van der Waals surface area contributed by atoms with Crippen molar-refractivity contribution in [3.8, 4) is 0 Å². The molecule has 18 heavy (non-hydrogen) atoms. The van der Waals surface area contributed by atoms with E-state index in [9.17, 15) is 13.2 Å². The second-order valence-corrected chi connectivity index (χ2v) is 7.39. The number of nitrogens with one attached hydrogen (secondary N) is 1. The van der Waals surface area contributed by atoms with Crippen LogP contribution in [0, 0.1) is 0 Å². The Morgan fingerprint density at radius 3 is 2.67 bits per heavy atom. The summed E-state index contributed by atoms with van der Waals surface area (Å²) in [6.45, 7) is 0. The molecule has 0 aliphatic carbocycles. The summed E-state index contributed by atoms with van der Waals surface area (Å²) in [7, 11) is -2.90. The van der Waals surface area contributed by atoms with Gasteiger partial charge in [-0.15, -0.1) is 0 Å². The number of carbonyl (C=O) groups excluding carboxylic acids is 1. The minimum absolute atomic E-state index is 0.0880. The number of aromatic nitrogens is 1. The molecular weight excluding hydrogens is 320 g/mol. The number of carbonyl (C=O) groups is 1. The van der Waals surface area contributed by atoms with Crippen LogP contribution in [0.15, 0.2) is 22.8 Å². The smallest absolute Gasteiger partial charge is 0.271 e. The largest absolute Gasteiger partial charge is 0.348 e. The number of halogens is 1. The van der Waals surface area contributed by atoms with E-state index in [2.05, 4.69) is 26.2 Å². The third-order valence-electron chi connectivity index (χ3n) is 2.86. The predicted octanol–water partition coefficient (Wildman–Crippen LogP) is 1.15. The number of sulfone groups is 1. The van der Waals surface area contributed by atoms with Crippen molar-refractivity contribution in [2.24, 2.45) is 0 Å². The van der Waals surface area contributed by atoms with E-state index >= 15 is 0 Å². The van der Waals surface area contributed by atoms with Crippen molar-refractivity contribution in [3.63, 3.8) is 0 Å². The summed E-state index contributed by atoms with van der Waals surface area (Å²) in [6, 6.07) is 3.39. The molecular formula is C11H13BrN2O3S. The fourth-order valence-electron chi connectivity index (χ4n) is 1.84. The quantitative estimate of drug-likeness (QED) is 0.881. The highest BCUT2D eigenvalue weighted by Gasteiger charge is 2.25. The number of rotatable bonds is 2. The molecule has 1 amide bonds. The van der Waals surface area contributed by atoms with Gasteiger partial charge in [-0.25, -0.2) is 13.4 Å². The van der Waals surface area contributed by atoms with Gasteiger partial charge in [-0.3, -0.25) is 4.79 Å². The first kappa shape index (κ1) is 13.5. The Kier molecular flexibility index (Phi) is 4.01. The minimum atomic E-state index is -2.90. The third-order valence-corrected chi connectivity index (χ3v) is 5.22. The molecule has 2 heterocycles. The van der Waals surface area contributed by atoms with Gasteiger partial charge in [0.2, 0.25) is 0 Å². The molecule has 1 aliphatic heterocycles. The van der Waals surface area contributed by atoms with Crippen LogP contribution in [0.4, 0.5) is 0 Å². The van der Waals surface area contributed by atoms with E-state index in [1.165, 1.54) is 0 Å². The van der Waals surface area contributed by atoms with Crippen LogP contribution in [0.2, 0.25) is 0 Å². The number of hydrogen-bond acceptors (Lipinski definition) is 4. The summed E-state index contributed by atoms with van der Waals surface area (Å²) in [5.74, 6) is 0.00892. The summed E-state index contributed by atoms with van der Waals surface area (Å²) < 4.78 is 23.2. The van der Waals surface area contributed by atoms with Gasteiger partial charge in [0.15, 0.2) is 0 Å². The fourth-order valence-corrected chi connectivity index (χ4v) is 3.77. The maximum Gasteiger partial charge on any atom is 0.271 e. The lowest BCUT2D eigenvalue weighted by atomic mass is 10.1. The Bertz CT molecular complexity index is 545. The number of nitrogens with zero attached hydrogens (tertiary/aromatic N) is 1.